The highest BCUT2D eigenvalue weighted by molar-refractivity contribution is 6.03. The molecule has 3 aromatic rings. The van der Waals surface area contributed by atoms with Crippen molar-refractivity contribution in [1.29, 1.82) is 0 Å². The van der Waals surface area contributed by atoms with Crippen LogP contribution < -0.4 is 20.1 Å². The third-order valence-electron chi connectivity index (χ3n) is 4.13. The zero-order valence-corrected chi connectivity index (χ0v) is 14.9. The smallest absolute Gasteiger partial charge is 0.274 e. The van der Waals surface area contributed by atoms with Crippen LogP contribution in [-0.2, 0) is 0 Å². The predicted octanol–water partition coefficient (Wildman–Crippen LogP) is 4.16. The average Bonchev–Trinajstić information content (AvgIpc) is 2.70. The van der Waals surface area contributed by atoms with Crippen molar-refractivity contribution in [2.24, 2.45) is 0 Å². The second-order valence-electron chi connectivity index (χ2n) is 6.23. The number of nitrogens with one attached hydrogen (secondary N) is 2. The van der Waals surface area contributed by atoms with Gasteiger partial charge in [-0.2, -0.15) is 0 Å². The molecule has 2 aromatic carbocycles. The first kappa shape index (κ1) is 16.9. The highest BCUT2D eigenvalue weighted by atomic mass is 16.6. The molecule has 0 atom stereocenters. The zero-order chi connectivity index (χ0) is 18.6. The summed E-state index contributed by atoms with van der Waals surface area (Å²) in [5.41, 5.74) is 3.80. The lowest BCUT2D eigenvalue weighted by molar-refractivity contribution is 0.102. The van der Waals surface area contributed by atoms with E-state index in [0.29, 0.717) is 24.7 Å². The van der Waals surface area contributed by atoms with Gasteiger partial charge < -0.3 is 20.1 Å². The molecule has 2 heterocycles. The van der Waals surface area contributed by atoms with E-state index >= 15 is 0 Å². The highest BCUT2D eigenvalue weighted by Crippen LogP contribution is 2.33. The van der Waals surface area contributed by atoms with Crippen LogP contribution in [0.2, 0.25) is 0 Å². The van der Waals surface area contributed by atoms with Gasteiger partial charge in [0.1, 0.15) is 18.9 Å². The molecule has 0 saturated heterocycles. The number of rotatable bonds is 4. The van der Waals surface area contributed by atoms with Gasteiger partial charge in [0.15, 0.2) is 11.5 Å². The standard InChI is InChI=1S/C21H19N3O3/c1-14-2-4-15(5-3-14)24-21(25)18-12-17(8-9-22-18)23-16-6-7-19-20(13-16)27-11-10-26-19/h2-9,12-13H,10-11H2,1H3,(H,22,23)(H,24,25). The molecule has 0 radical (unpaired) electrons. The monoisotopic (exact) mass is 361 g/mol. The number of ether oxygens (including phenoxy) is 2. The quantitative estimate of drug-likeness (QED) is 0.730. The molecule has 1 amide bonds. The summed E-state index contributed by atoms with van der Waals surface area (Å²) >= 11 is 0. The first-order valence-electron chi connectivity index (χ1n) is 8.68. The molecule has 6 heteroatoms. The number of anilines is 3. The van der Waals surface area contributed by atoms with Crippen molar-refractivity contribution in [2.75, 3.05) is 23.8 Å². The Balaban J connectivity index is 1.48. The molecule has 1 aliphatic rings. The molecule has 0 spiro atoms. The second kappa shape index (κ2) is 7.37. The summed E-state index contributed by atoms with van der Waals surface area (Å²) in [5, 5.41) is 6.12. The minimum atomic E-state index is -0.260. The van der Waals surface area contributed by atoms with Crippen LogP contribution in [0.3, 0.4) is 0 Å². The van der Waals surface area contributed by atoms with E-state index in [2.05, 4.69) is 15.6 Å². The van der Waals surface area contributed by atoms with Crippen molar-refractivity contribution in [1.82, 2.24) is 4.98 Å². The van der Waals surface area contributed by atoms with Crippen molar-refractivity contribution < 1.29 is 14.3 Å². The fourth-order valence-electron chi connectivity index (χ4n) is 2.75. The van der Waals surface area contributed by atoms with Gasteiger partial charge in [-0.05, 0) is 43.3 Å². The van der Waals surface area contributed by atoms with E-state index in [1.54, 1.807) is 18.3 Å². The number of aryl methyl sites for hydroxylation is 1. The molecule has 1 aliphatic heterocycles. The van der Waals surface area contributed by atoms with Crippen LogP contribution in [0, 0.1) is 6.92 Å². The predicted molar refractivity (Wildman–Crippen MR) is 104 cm³/mol. The van der Waals surface area contributed by atoms with E-state index in [0.717, 1.165) is 28.4 Å². The van der Waals surface area contributed by atoms with E-state index in [-0.39, 0.29) is 5.91 Å². The van der Waals surface area contributed by atoms with Gasteiger partial charge in [0, 0.05) is 29.3 Å². The maximum atomic E-state index is 12.5. The zero-order valence-electron chi connectivity index (χ0n) is 14.9. The number of aromatic nitrogens is 1. The SMILES string of the molecule is Cc1ccc(NC(=O)c2cc(Nc3ccc4c(c3)OCCO4)ccn2)cc1. The number of hydrogen-bond donors (Lipinski definition) is 2. The summed E-state index contributed by atoms with van der Waals surface area (Å²) in [7, 11) is 0. The van der Waals surface area contributed by atoms with Crippen LogP contribution in [0.5, 0.6) is 11.5 Å². The normalized spacial score (nSPS) is 12.3. The molecule has 0 aliphatic carbocycles. The summed E-state index contributed by atoms with van der Waals surface area (Å²) in [6.45, 7) is 3.10. The van der Waals surface area contributed by atoms with E-state index in [9.17, 15) is 4.79 Å². The fraction of sp³-hybridized carbons (Fsp3) is 0.143. The van der Waals surface area contributed by atoms with Gasteiger partial charge in [0.05, 0.1) is 0 Å². The summed E-state index contributed by atoms with van der Waals surface area (Å²) < 4.78 is 11.1. The molecule has 4 rings (SSSR count). The number of hydrogen-bond acceptors (Lipinski definition) is 5. The van der Waals surface area contributed by atoms with E-state index in [4.69, 9.17) is 9.47 Å². The topological polar surface area (TPSA) is 72.5 Å². The maximum Gasteiger partial charge on any atom is 0.274 e. The fourth-order valence-corrected chi connectivity index (χ4v) is 2.75. The lowest BCUT2D eigenvalue weighted by Crippen LogP contribution is -2.15. The lowest BCUT2D eigenvalue weighted by atomic mass is 10.2. The Labute approximate surface area is 157 Å². The molecule has 27 heavy (non-hydrogen) atoms. The van der Waals surface area contributed by atoms with Crippen LogP contribution in [0.25, 0.3) is 0 Å². The van der Waals surface area contributed by atoms with Crippen molar-refractivity contribution in [3.63, 3.8) is 0 Å². The van der Waals surface area contributed by atoms with Crippen molar-refractivity contribution in [2.45, 2.75) is 6.92 Å². The third-order valence-corrected chi connectivity index (χ3v) is 4.13. The molecule has 2 N–H and O–H groups in total. The Morgan fingerprint density at radius 1 is 0.889 bits per heavy atom. The van der Waals surface area contributed by atoms with Crippen LogP contribution in [0.15, 0.2) is 60.8 Å². The van der Waals surface area contributed by atoms with Crippen LogP contribution in [0.4, 0.5) is 17.1 Å². The average molecular weight is 361 g/mol. The number of nitrogens with zero attached hydrogens (tertiary/aromatic N) is 1. The Morgan fingerprint density at radius 2 is 1.59 bits per heavy atom. The minimum Gasteiger partial charge on any atom is -0.486 e. The highest BCUT2D eigenvalue weighted by Gasteiger charge is 2.13. The number of pyridine rings is 1. The van der Waals surface area contributed by atoms with Crippen LogP contribution >= 0.6 is 0 Å². The third kappa shape index (κ3) is 4.00. The van der Waals surface area contributed by atoms with E-state index < -0.39 is 0 Å². The second-order valence-corrected chi connectivity index (χ2v) is 6.23. The summed E-state index contributed by atoms with van der Waals surface area (Å²) in [6, 6.07) is 16.8. The summed E-state index contributed by atoms with van der Waals surface area (Å²) in [6.07, 6.45) is 1.60. The molecule has 0 saturated carbocycles. The molecule has 136 valence electrons. The number of benzene rings is 2. The van der Waals surface area contributed by atoms with E-state index in [1.165, 1.54) is 0 Å². The Hall–Kier alpha value is -3.54. The van der Waals surface area contributed by atoms with Gasteiger partial charge in [-0.25, -0.2) is 0 Å². The van der Waals surface area contributed by atoms with Crippen molar-refractivity contribution in [3.8, 4) is 11.5 Å². The number of carbonyl (C=O) groups excluding carboxylic acids is 1. The maximum absolute atomic E-state index is 12.5. The molecular weight excluding hydrogens is 342 g/mol. The van der Waals surface area contributed by atoms with Crippen molar-refractivity contribution in [3.05, 3.63) is 72.1 Å². The first-order chi connectivity index (χ1) is 13.2. The molecule has 0 fully saturated rings. The number of amides is 1. The van der Waals surface area contributed by atoms with E-state index in [1.807, 2.05) is 49.4 Å². The number of carbonyl (C=O) groups is 1. The molecule has 6 nitrogen and oxygen atoms in total. The van der Waals surface area contributed by atoms with Gasteiger partial charge in [-0.1, -0.05) is 17.7 Å². The molecular formula is C21H19N3O3. The largest absolute Gasteiger partial charge is 0.486 e. The Kier molecular flexibility index (Phi) is 4.61. The van der Waals surface area contributed by atoms with Gasteiger partial charge in [-0.15, -0.1) is 0 Å². The Morgan fingerprint density at radius 3 is 2.41 bits per heavy atom. The molecule has 0 unspecified atom stereocenters. The van der Waals surface area contributed by atoms with Crippen LogP contribution in [0.1, 0.15) is 16.1 Å². The summed E-state index contributed by atoms with van der Waals surface area (Å²) in [4.78, 5) is 16.6. The summed E-state index contributed by atoms with van der Waals surface area (Å²) in [5.74, 6) is 1.18. The minimum absolute atomic E-state index is 0.260. The lowest BCUT2D eigenvalue weighted by Gasteiger charge is -2.19. The van der Waals surface area contributed by atoms with Gasteiger partial charge in [-0.3, -0.25) is 9.78 Å². The van der Waals surface area contributed by atoms with Gasteiger partial charge >= 0.3 is 0 Å². The first-order valence-corrected chi connectivity index (χ1v) is 8.68. The van der Waals surface area contributed by atoms with Gasteiger partial charge in [0.2, 0.25) is 0 Å². The Bertz CT molecular complexity index is 971. The molecule has 0 bridgehead atoms. The van der Waals surface area contributed by atoms with Crippen molar-refractivity contribution >= 4 is 23.0 Å². The molecule has 1 aromatic heterocycles. The van der Waals surface area contributed by atoms with Gasteiger partial charge in [0.25, 0.3) is 5.91 Å². The number of fused-ring (bicyclic) bond motifs is 1. The van der Waals surface area contributed by atoms with Crippen LogP contribution in [-0.4, -0.2) is 24.1 Å².